The van der Waals surface area contributed by atoms with Crippen LogP contribution in [0.1, 0.15) is 29.2 Å². The molecule has 0 fully saturated rings. The van der Waals surface area contributed by atoms with Gasteiger partial charge < -0.3 is 33.8 Å². The monoisotopic (exact) mass is 487 g/mol. The van der Waals surface area contributed by atoms with E-state index in [0.717, 1.165) is 0 Å². The molecule has 4 rings (SSSR count). The van der Waals surface area contributed by atoms with Gasteiger partial charge in [-0.05, 0) is 31.2 Å². The Morgan fingerprint density at radius 2 is 1.94 bits per heavy atom. The van der Waals surface area contributed by atoms with E-state index in [1.165, 1.54) is 27.2 Å². The summed E-state index contributed by atoms with van der Waals surface area (Å²) in [4.78, 5) is 25.9. The molecule has 2 N–H and O–H groups in total. The van der Waals surface area contributed by atoms with Crippen LogP contribution in [-0.2, 0) is 4.79 Å². The minimum atomic E-state index is -0.977. The quantitative estimate of drug-likeness (QED) is 0.509. The summed E-state index contributed by atoms with van der Waals surface area (Å²) < 4.78 is 27.3. The number of aryl methyl sites for hydroxylation is 1. The molecule has 1 amide bonds. The largest absolute Gasteiger partial charge is 0.507 e. The third-order valence-corrected chi connectivity index (χ3v) is 5.56. The average molecular weight is 488 g/mol. The van der Waals surface area contributed by atoms with Gasteiger partial charge in [-0.3, -0.25) is 4.79 Å². The van der Waals surface area contributed by atoms with Crippen LogP contribution in [0.4, 0.5) is 5.69 Å². The molecule has 0 aliphatic carbocycles. The smallest absolute Gasteiger partial charge is 0.343 e. The van der Waals surface area contributed by atoms with Crippen LogP contribution >= 0.6 is 11.6 Å². The fraction of sp³-hybridized carbons (Fsp3) is 0.250. The third-order valence-electron chi connectivity index (χ3n) is 5.33. The van der Waals surface area contributed by atoms with E-state index in [4.69, 9.17) is 35.0 Å². The van der Waals surface area contributed by atoms with Crippen molar-refractivity contribution in [2.45, 2.75) is 19.3 Å². The van der Waals surface area contributed by atoms with E-state index in [0.29, 0.717) is 27.8 Å². The van der Waals surface area contributed by atoms with Crippen LogP contribution in [0.5, 0.6) is 28.7 Å². The Labute approximate surface area is 199 Å². The van der Waals surface area contributed by atoms with Gasteiger partial charge in [0.2, 0.25) is 24.2 Å². The number of methoxy groups -OCH3 is 2. The second-order valence-corrected chi connectivity index (χ2v) is 7.96. The molecule has 2 aromatic carbocycles. The van der Waals surface area contributed by atoms with Crippen molar-refractivity contribution in [3.05, 3.63) is 68.7 Å². The van der Waals surface area contributed by atoms with Crippen LogP contribution in [0.25, 0.3) is 0 Å². The van der Waals surface area contributed by atoms with Crippen molar-refractivity contribution in [3.8, 4) is 28.7 Å². The highest BCUT2D eigenvalue weighted by Gasteiger charge is 2.34. The Hall–Kier alpha value is -3.85. The van der Waals surface area contributed by atoms with Crippen molar-refractivity contribution in [1.82, 2.24) is 0 Å². The van der Waals surface area contributed by atoms with Crippen LogP contribution in [-0.4, -0.2) is 32.0 Å². The lowest BCUT2D eigenvalue weighted by Crippen LogP contribution is -2.21. The second kappa shape index (κ2) is 9.56. The Kier molecular flexibility index (Phi) is 6.56. The number of halogens is 1. The second-order valence-electron chi connectivity index (χ2n) is 7.52. The van der Waals surface area contributed by atoms with E-state index in [9.17, 15) is 14.7 Å². The van der Waals surface area contributed by atoms with E-state index in [1.54, 1.807) is 30.3 Å². The molecule has 34 heavy (non-hydrogen) atoms. The van der Waals surface area contributed by atoms with E-state index >= 15 is 0 Å². The molecule has 1 aromatic heterocycles. The SMILES string of the molecule is COc1cc([C@@H](CC(=O)Nc2cccc(Cl)c2)c2c(O)cc(C)oc2=O)c(OC)c2c1OCO2. The minimum absolute atomic E-state index is 0.0522. The Morgan fingerprint density at radius 3 is 2.62 bits per heavy atom. The highest BCUT2D eigenvalue weighted by molar-refractivity contribution is 6.30. The molecule has 2 heterocycles. The highest BCUT2D eigenvalue weighted by Crippen LogP contribution is 2.52. The molecule has 10 heteroatoms. The van der Waals surface area contributed by atoms with Crippen molar-refractivity contribution >= 4 is 23.2 Å². The number of rotatable bonds is 7. The van der Waals surface area contributed by atoms with Crippen molar-refractivity contribution < 1.29 is 33.3 Å². The number of hydrogen-bond donors (Lipinski definition) is 2. The lowest BCUT2D eigenvalue weighted by Gasteiger charge is -2.22. The molecular formula is C24H22ClNO8. The topological polar surface area (TPSA) is 116 Å². The van der Waals surface area contributed by atoms with Crippen LogP contribution < -0.4 is 29.9 Å². The molecule has 0 saturated heterocycles. The van der Waals surface area contributed by atoms with E-state index in [2.05, 4.69) is 5.32 Å². The normalized spacial score (nSPS) is 12.8. The summed E-state index contributed by atoms with van der Waals surface area (Å²) in [6.45, 7) is 1.49. The molecule has 1 aliphatic rings. The number of nitrogens with one attached hydrogen (secondary N) is 1. The number of amides is 1. The maximum Gasteiger partial charge on any atom is 0.343 e. The Bertz CT molecular complexity index is 1300. The van der Waals surface area contributed by atoms with Gasteiger partial charge in [0.15, 0.2) is 11.5 Å². The minimum Gasteiger partial charge on any atom is -0.507 e. The van der Waals surface area contributed by atoms with Gasteiger partial charge in [0.25, 0.3) is 0 Å². The standard InChI is InChI=1S/C24H22ClNO8/c1-12-7-17(27)20(24(29)34-12)15(10-19(28)26-14-6-4-5-13(25)8-14)16-9-18(30-2)22-23(21(16)31-3)33-11-32-22/h4-9,15,27H,10-11H2,1-3H3,(H,26,28)/t15-/m1/s1. The number of benzene rings is 2. The summed E-state index contributed by atoms with van der Waals surface area (Å²) in [6, 6.07) is 9.55. The number of ether oxygens (including phenoxy) is 4. The van der Waals surface area contributed by atoms with Crippen LogP contribution in [0.3, 0.4) is 0 Å². The van der Waals surface area contributed by atoms with Gasteiger partial charge in [0, 0.05) is 34.7 Å². The van der Waals surface area contributed by atoms with Gasteiger partial charge in [-0.2, -0.15) is 0 Å². The zero-order valence-electron chi connectivity index (χ0n) is 18.6. The Balaban J connectivity index is 1.84. The molecule has 0 spiro atoms. The summed E-state index contributed by atoms with van der Waals surface area (Å²) >= 11 is 6.02. The van der Waals surface area contributed by atoms with Gasteiger partial charge in [-0.1, -0.05) is 17.7 Å². The van der Waals surface area contributed by atoms with Crippen LogP contribution in [0.15, 0.2) is 45.6 Å². The average Bonchev–Trinajstić information content (AvgIpc) is 3.26. The molecule has 0 saturated carbocycles. The first-order chi connectivity index (χ1) is 16.3. The number of fused-ring (bicyclic) bond motifs is 1. The van der Waals surface area contributed by atoms with Crippen LogP contribution in [0.2, 0.25) is 5.02 Å². The van der Waals surface area contributed by atoms with Gasteiger partial charge >= 0.3 is 5.63 Å². The summed E-state index contributed by atoms with van der Waals surface area (Å²) in [5.74, 6) is -0.331. The van der Waals surface area contributed by atoms with Crippen molar-refractivity contribution in [2.24, 2.45) is 0 Å². The summed E-state index contributed by atoms with van der Waals surface area (Å²) in [7, 11) is 2.87. The van der Waals surface area contributed by atoms with Crippen molar-refractivity contribution in [2.75, 3.05) is 26.3 Å². The lowest BCUT2D eigenvalue weighted by molar-refractivity contribution is -0.116. The lowest BCUT2D eigenvalue weighted by atomic mass is 9.87. The van der Waals surface area contributed by atoms with Gasteiger partial charge in [0.1, 0.15) is 11.5 Å². The van der Waals surface area contributed by atoms with Crippen molar-refractivity contribution in [1.29, 1.82) is 0 Å². The Morgan fingerprint density at radius 1 is 1.18 bits per heavy atom. The third kappa shape index (κ3) is 4.47. The maximum atomic E-state index is 13.1. The molecular weight excluding hydrogens is 466 g/mol. The van der Waals surface area contributed by atoms with E-state index in [-0.39, 0.29) is 41.8 Å². The van der Waals surface area contributed by atoms with Crippen LogP contribution in [0, 0.1) is 6.92 Å². The van der Waals surface area contributed by atoms with Gasteiger partial charge in [-0.25, -0.2) is 4.79 Å². The molecule has 3 aromatic rings. The van der Waals surface area contributed by atoms with Gasteiger partial charge in [0.05, 0.1) is 19.8 Å². The first kappa shape index (κ1) is 23.3. The van der Waals surface area contributed by atoms with Gasteiger partial charge in [-0.15, -0.1) is 0 Å². The number of carbonyl (C=O) groups excluding carboxylic acids is 1. The number of anilines is 1. The highest BCUT2D eigenvalue weighted by atomic mass is 35.5. The molecule has 0 radical (unpaired) electrons. The molecule has 0 unspecified atom stereocenters. The molecule has 9 nitrogen and oxygen atoms in total. The van der Waals surface area contributed by atoms with E-state index in [1.807, 2.05) is 0 Å². The predicted molar refractivity (Wildman–Crippen MR) is 124 cm³/mol. The number of hydrogen-bond acceptors (Lipinski definition) is 8. The fourth-order valence-electron chi connectivity index (χ4n) is 3.91. The molecule has 1 aliphatic heterocycles. The predicted octanol–water partition coefficient (Wildman–Crippen LogP) is 4.21. The first-order valence-corrected chi connectivity index (χ1v) is 10.6. The zero-order chi connectivity index (χ0) is 24.4. The maximum absolute atomic E-state index is 13.1. The summed E-state index contributed by atoms with van der Waals surface area (Å²) in [6.07, 6.45) is -0.243. The van der Waals surface area contributed by atoms with Crippen molar-refractivity contribution in [3.63, 3.8) is 0 Å². The molecule has 1 atom stereocenters. The van der Waals surface area contributed by atoms with E-state index < -0.39 is 17.5 Å². The molecule has 0 bridgehead atoms. The summed E-state index contributed by atoms with van der Waals surface area (Å²) in [5, 5.41) is 13.9. The first-order valence-electron chi connectivity index (χ1n) is 10.3. The number of aromatic hydroxyl groups is 1. The molecule has 178 valence electrons. The zero-order valence-corrected chi connectivity index (χ0v) is 19.4. The number of carbonyl (C=O) groups is 1. The fourth-order valence-corrected chi connectivity index (χ4v) is 4.10. The summed E-state index contributed by atoms with van der Waals surface area (Å²) in [5.41, 5.74) is -0.0363.